The number of hydrogen-bond acceptors (Lipinski definition) is 4. The Kier molecular flexibility index (Phi) is 7.98. The minimum atomic E-state index is 1.02. The quantitative estimate of drug-likeness (QED) is 0.701. The topological polar surface area (TPSA) is 15.3 Å². The monoisotopic (exact) mass is 286 g/mol. The van der Waals surface area contributed by atoms with Crippen molar-refractivity contribution in [3.8, 4) is 0 Å². The zero-order valence-corrected chi connectivity index (χ0v) is 13.7. The number of rotatable bonds is 9. The summed E-state index contributed by atoms with van der Waals surface area (Å²) >= 11 is 3.85. The minimum absolute atomic E-state index is 1.02. The Hall–Kier alpha value is -0.0300. The number of aryl methyl sites for hydroxylation is 1. The smallest absolute Gasteiger partial charge is 0.0299 e. The van der Waals surface area contributed by atoms with E-state index in [1.54, 1.807) is 0 Å². The van der Waals surface area contributed by atoms with E-state index in [2.05, 4.69) is 43.4 Å². The van der Waals surface area contributed by atoms with Gasteiger partial charge in [0.15, 0.2) is 0 Å². The highest BCUT2D eigenvalue weighted by molar-refractivity contribution is 7.98. The maximum absolute atomic E-state index is 3.47. The van der Waals surface area contributed by atoms with Crippen LogP contribution in [-0.2, 0) is 13.1 Å². The molecule has 0 radical (unpaired) electrons. The second-order valence-electron chi connectivity index (χ2n) is 4.70. The third-order valence-corrected chi connectivity index (χ3v) is 4.60. The lowest BCUT2D eigenvalue weighted by atomic mass is 10.2. The molecule has 2 nitrogen and oxygen atoms in total. The lowest BCUT2D eigenvalue weighted by Crippen LogP contribution is -2.20. The summed E-state index contributed by atoms with van der Waals surface area (Å²) in [7, 11) is 2.21. The van der Waals surface area contributed by atoms with Crippen LogP contribution in [0.25, 0.3) is 0 Å². The molecule has 0 unspecified atom stereocenters. The predicted molar refractivity (Wildman–Crippen MR) is 85.8 cm³/mol. The van der Waals surface area contributed by atoms with Gasteiger partial charge in [0, 0.05) is 35.1 Å². The molecule has 0 aliphatic rings. The molecule has 1 aromatic heterocycles. The van der Waals surface area contributed by atoms with E-state index >= 15 is 0 Å². The Morgan fingerprint density at radius 1 is 1.44 bits per heavy atom. The number of nitrogens with one attached hydrogen (secondary N) is 1. The van der Waals surface area contributed by atoms with Crippen molar-refractivity contribution < 1.29 is 0 Å². The molecule has 1 N–H and O–H groups in total. The molecule has 18 heavy (non-hydrogen) atoms. The van der Waals surface area contributed by atoms with E-state index in [1.165, 1.54) is 34.0 Å². The number of thiophene rings is 1. The van der Waals surface area contributed by atoms with Gasteiger partial charge in [-0.3, -0.25) is 0 Å². The fourth-order valence-electron chi connectivity index (χ4n) is 1.84. The number of hydrogen-bond donors (Lipinski definition) is 1. The van der Waals surface area contributed by atoms with Crippen LogP contribution in [0.4, 0.5) is 0 Å². The summed E-state index contributed by atoms with van der Waals surface area (Å²) in [5.74, 6) is 1.21. The summed E-state index contributed by atoms with van der Waals surface area (Å²) in [6.07, 6.45) is 3.37. The van der Waals surface area contributed by atoms with Crippen molar-refractivity contribution >= 4 is 23.1 Å². The standard InChI is InChI=1S/C14H26N2S2/c1-5-6-15-10-14-9-13(12(2)18-14)11-16(3)7-8-17-4/h9,15H,5-8,10-11H2,1-4H3. The van der Waals surface area contributed by atoms with Crippen LogP contribution in [0.5, 0.6) is 0 Å². The first-order valence-corrected chi connectivity index (χ1v) is 8.84. The Labute approximate surface area is 120 Å². The van der Waals surface area contributed by atoms with Crippen molar-refractivity contribution in [1.29, 1.82) is 0 Å². The highest BCUT2D eigenvalue weighted by atomic mass is 32.2. The molecule has 0 spiro atoms. The zero-order valence-electron chi connectivity index (χ0n) is 12.1. The van der Waals surface area contributed by atoms with Gasteiger partial charge >= 0.3 is 0 Å². The maximum Gasteiger partial charge on any atom is 0.0299 e. The lowest BCUT2D eigenvalue weighted by Gasteiger charge is -2.15. The second-order valence-corrected chi connectivity index (χ2v) is 7.03. The lowest BCUT2D eigenvalue weighted by molar-refractivity contribution is 0.348. The van der Waals surface area contributed by atoms with Crippen molar-refractivity contribution in [2.45, 2.75) is 33.4 Å². The molecule has 0 fully saturated rings. The van der Waals surface area contributed by atoms with Crippen LogP contribution in [0.1, 0.15) is 28.7 Å². The number of nitrogens with zero attached hydrogens (tertiary/aromatic N) is 1. The average Bonchev–Trinajstić information content (AvgIpc) is 2.68. The molecule has 0 atom stereocenters. The maximum atomic E-state index is 3.47. The predicted octanol–water partition coefficient (Wildman–Crippen LogP) is 3.35. The Bertz CT molecular complexity index is 337. The third-order valence-electron chi connectivity index (χ3n) is 2.92. The average molecular weight is 287 g/mol. The molecular formula is C14H26N2S2. The van der Waals surface area contributed by atoms with Gasteiger partial charge in [-0.2, -0.15) is 11.8 Å². The van der Waals surface area contributed by atoms with E-state index in [4.69, 9.17) is 0 Å². The van der Waals surface area contributed by atoms with Crippen LogP contribution in [0.2, 0.25) is 0 Å². The van der Waals surface area contributed by atoms with Crippen molar-refractivity contribution in [3.63, 3.8) is 0 Å². The molecule has 1 heterocycles. The first-order chi connectivity index (χ1) is 8.67. The summed E-state index contributed by atoms with van der Waals surface area (Å²) < 4.78 is 0. The SMILES string of the molecule is CCCNCc1cc(CN(C)CCSC)c(C)s1. The zero-order chi connectivity index (χ0) is 13.4. The van der Waals surface area contributed by atoms with Gasteiger partial charge in [-0.1, -0.05) is 6.92 Å². The van der Waals surface area contributed by atoms with E-state index in [-0.39, 0.29) is 0 Å². The van der Waals surface area contributed by atoms with Gasteiger partial charge in [-0.15, -0.1) is 11.3 Å². The summed E-state index contributed by atoms with van der Waals surface area (Å²) in [4.78, 5) is 5.35. The number of thioether (sulfide) groups is 1. The molecule has 0 saturated heterocycles. The Balaban J connectivity index is 2.45. The largest absolute Gasteiger partial charge is 0.312 e. The molecule has 104 valence electrons. The van der Waals surface area contributed by atoms with Crippen LogP contribution >= 0.6 is 23.1 Å². The highest BCUT2D eigenvalue weighted by Crippen LogP contribution is 2.22. The molecule has 0 amide bonds. The molecule has 0 saturated carbocycles. The summed E-state index contributed by atoms with van der Waals surface area (Å²) in [6, 6.07) is 2.37. The first kappa shape index (κ1) is 16.0. The van der Waals surface area contributed by atoms with Gasteiger partial charge in [0.1, 0.15) is 0 Å². The molecule has 1 aromatic rings. The third kappa shape index (κ3) is 5.74. The highest BCUT2D eigenvalue weighted by Gasteiger charge is 2.07. The first-order valence-electron chi connectivity index (χ1n) is 6.63. The van der Waals surface area contributed by atoms with Gasteiger partial charge < -0.3 is 10.2 Å². The van der Waals surface area contributed by atoms with Crippen LogP contribution in [0.3, 0.4) is 0 Å². The second kappa shape index (κ2) is 8.97. The Morgan fingerprint density at radius 2 is 2.22 bits per heavy atom. The molecule has 0 bridgehead atoms. The van der Waals surface area contributed by atoms with E-state index in [0.29, 0.717) is 0 Å². The molecule has 0 aromatic carbocycles. The van der Waals surface area contributed by atoms with Crippen molar-refractivity contribution in [3.05, 3.63) is 21.4 Å². The Morgan fingerprint density at radius 3 is 2.89 bits per heavy atom. The summed E-state index contributed by atoms with van der Waals surface area (Å²) in [5.41, 5.74) is 1.50. The normalized spacial score (nSPS) is 11.4. The van der Waals surface area contributed by atoms with Gasteiger partial charge in [0.2, 0.25) is 0 Å². The van der Waals surface area contributed by atoms with Crippen LogP contribution < -0.4 is 5.32 Å². The fraction of sp³-hybridized carbons (Fsp3) is 0.714. The van der Waals surface area contributed by atoms with Crippen LogP contribution in [0.15, 0.2) is 6.07 Å². The van der Waals surface area contributed by atoms with E-state index < -0.39 is 0 Å². The van der Waals surface area contributed by atoms with Crippen molar-refractivity contribution in [2.75, 3.05) is 32.1 Å². The molecule has 0 aliphatic heterocycles. The fourth-order valence-corrected chi connectivity index (χ4v) is 3.35. The van der Waals surface area contributed by atoms with Crippen molar-refractivity contribution in [2.24, 2.45) is 0 Å². The van der Waals surface area contributed by atoms with Gasteiger partial charge in [0.25, 0.3) is 0 Å². The molecular weight excluding hydrogens is 260 g/mol. The van der Waals surface area contributed by atoms with Crippen molar-refractivity contribution in [1.82, 2.24) is 10.2 Å². The van der Waals surface area contributed by atoms with Gasteiger partial charge in [-0.05, 0) is 44.8 Å². The van der Waals surface area contributed by atoms with Crippen LogP contribution in [0, 0.1) is 6.92 Å². The molecule has 0 aliphatic carbocycles. The molecule has 4 heteroatoms. The van der Waals surface area contributed by atoms with E-state index in [0.717, 1.165) is 19.6 Å². The van der Waals surface area contributed by atoms with E-state index in [9.17, 15) is 0 Å². The minimum Gasteiger partial charge on any atom is -0.312 e. The molecule has 1 rings (SSSR count). The van der Waals surface area contributed by atoms with Crippen LogP contribution in [-0.4, -0.2) is 37.0 Å². The summed E-state index contributed by atoms with van der Waals surface area (Å²) in [5, 5.41) is 3.47. The van der Waals surface area contributed by atoms with Gasteiger partial charge in [0.05, 0.1) is 0 Å². The summed E-state index contributed by atoms with van der Waals surface area (Å²) in [6.45, 7) is 8.83. The van der Waals surface area contributed by atoms with E-state index in [1.807, 2.05) is 23.1 Å². The van der Waals surface area contributed by atoms with Gasteiger partial charge in [-0.25, -0.2) is 0 Å².